The van der Waals surface area contributed by atoms with E-state index in [1.807, 2.05) is 13.8 Å². The van der Waals surface area contributed by atoms with E-state index in [1.54, 1.807) is 11.3 Å². The number of rotatable bonds is 2. The van der Waals surface area contributed by atoms with Crippen LogP contribution in [0.2, 0.25) is 0 Å². The van der Waals surface area contributed by atoms with Gasteiger partial charge in [0, 0.05) is 10.9 Å². The third-order valence-corrected chi connectivity index (χ3v) is 4.28. The summed E-state index contributed by atoms with van der Waals surface area (Å²) in [6, 6.07) is 8.65. The second-order valence-corrected chi connectivity index (χ2v) is 7.45. The lowest BCUT2D eigenvalue weighted by Gasteiger charge is -2.19. The molecular formula is C16H22N2S. The van der Waals surface area contributed by atoms with Crippen molar-refractivity contribution in [1.29, 1.82) is 0 Å². The molecule has 1 aromatic heterocycles. The molecule has 19 heavy (non-hydrogen) atoms. The van der Waals surface area contributed by atoms with Crippen LogP contribution in [0.4, 0.5) is 0 Å². The molecule has 0 aliphatic heterocycles. The zero-order valence-corrected chi connectivity index (χ0v) is 13.1. The van der Waals surface area contributed by atoms with Gasteiger partial charge in [0.15, 0.2) is 0 Å². The maximum absolute atomic E-state index is 6.08. The first-order chi connectivity index (χ1) is 8.68. The summed E-state index contributed by atoms with van der Waals surface area (Å²) in [7, 11) is 0. The summed E-state index contributed by atoms with van der Waals surface area (Å²) in [5.74, 6) is 0. The van der Waals surface area contributed by atoms with Crippen molar-refractivity contribution in [2.45, 2.75) is 45.6 Å². The lowest BCUT2D eigenvalue weighted by molar-refractivity contribution is 0.551. The van der Waals surface area contributed by atoms with Gasteiger partial charge in [-0.15, -0.1) is 11.3 Å². The van der Waals surface area contributed by atoms with Crippen LogP contribution in [0.15, 0.2) is 29.6 Å². The van der Waals surface area contributed by atoms with Gasteiger partial charge in [-0.05, 0) is 24.8 Å². The van der Waals surface area contributed by atoms with E-state index in [9.17, 15) is 0 Å². The fourth-order valence-corrected chi connectivity index (χ4v) is 2.71. The maximum Gasteiger partial charge on any atom is 0.113 e. The Labute approximate surface area is 119 Å². The lowest BCUT2D eigenvalue weighted by Crippen LogP contribution is -2.28. The molecule has 2 rings (SSSR count). The van der Waals surface area contributed by atoms with E-state index < -0.39 is 0 Å². The van der Waals surface area contributed by atoms with Gasteiger partial charge in [0.1, 0.15) is 5.01 Å². The quantitative estimate of drug-likeness (QED) is 0.886. The maximum atomic E-state index is 6.08. The van der Waals surface area contributed by atoms with E-state index in [4.69, 9.17) is 5.73 Å². The van der Waals surface area contributed by atoms with Crippen LogP contribution in [0.1, 0.15) is 45.2 Å². The van der Waals surface area contributed by atoms with Crippen molar-refractivity contribution < 1.29 is 0 Å². The summed E-state index contributed by atoms with van der Waals surface area (Å²) < 4.78 is 0. The normalized spacial score (nSPS) is 12.7. The Balaban J connectivity index is 2.31. The molecule has 102 valence electrons. The van der Waals surface area contributed by atoms with Gasteiger partial charge in [-0.25, -0.2) is 4.98 Å². The summed E-state index contributed by atoms with van der Waals surface area (Å²) in [6.45, 7) is 10.6. The van der Waals surface area contributed by atoms with Crippen molar-refractivity contribution in [3.63, 3.8) is 0 Å². The van der Waals surface area contributed by atoms with Crippen molar-refractivity contribution >= 4 is 11.3 Å². The predicted molar refractivity (Wildman–Crippen MR) is 83.5 cm³/mol. The van der Waals surface area contributed by atoms with Gasteiger partial charge in [-0.2, -0.15) is 0 Å². The minimum Gasteiger partial charge on any atom is -0.320 e. The van der Waals surface area contributed by atoms with Gasteiger partial charge in [-0.3, -0.25) is 0 Å². The molecule has 0 bridgehead atoms. The van der Waals surface area contributed by atoms with Crippen LogP contribution in [0.5, 0.6) is 0 Å². The molecule has 3 heteroatoms. The molecule has 0 saturated heterocycles. The molecular weight excluding hydrogens is 252 g/mol. The third-order valence-electron chi connectivity index (χ3n) is 3.10. The van der Waals surface area contributed by atoms with Gasteiger partial charge in [-0.1, -0.05) is 45.0 Å². The van der Waals surface area contributed by atoms with E-state index >= 15 is 0 Å². The summed E-state index contributed by atoms with van der Waals surface area (Å²) in [5, 5.41) is 3.05. The lowest BCUT2D eigenvalue weighted by atomic mass is 9.86. The van der Waals surface area contributed by atoms with Crippen molar-refractivity contribution in [2.24, 2.45) is 5.73 Å². The molecule has 0 atom stereocenters. The number of aromatic nitrogens is 1. The highest BCUT2D eigenvalue weighted by molar-refractivity contribution is 7.10. The number of hydrogen-bond acceptors (Lipinski definition) is 3. The van der Waals surface area contributed by atoms with Crippen molar-refractivity contribution in [2.75, 3.05) is 0 Å². The Morgan fingerprint density at radius 3 is 2.00 bits per heavy atom. The Hall–Kier alpha value is -1.19. The molecule has 0 saturated carbocycles. The molecule has 2 aromatic rings. The standard InChI is InChI=1S/C16H22N2S/c1-15(2,3)12-8-6-11(7-9-12)13-10-19-14(18-13)16(4,5)17/h6-10H,17H2,1-5H3. The van der Waals surface area contributed by atoms with Gasteiger partial charge in [0.2, 0.25) is 0 Å². The topological polar surface area (TPSA) is 38.9 Å². The number of hydrogen-bond donors (Lipinski definition) is 1. The minimum atomic E-state index is -0.367. The van der Waals surface area contributed by atoms with Gasteiger partial charge >= 0.3 is 0 Å². The monoisotopic (exact) mass is 274 g/mol. The van der Waals surface area contributed by atoms with Crippen LogP contribution in [0.3, 0.4) is 0 Å². The molecule has 2 N–H and O–H groups in total. The van der Waals surface area contributed by atoms with Crippen LogP contribution in [0, 0.1) is 0 Å². The second kappa shape index (κ2) is 4.73. The van der Waals surface area contributed by atoms with Crippen molar-refractivity contribution in [3.05, 3.63) is 40.2 Å². The minimum absolute atomic E-state index is 0.186. The van der Waals surface area contributed by atoms with E-state index in [0.717, 1.165) is 16.3 Å². The van der Waals surface area contributed by atoms with Gasteiger partial charge in [0.05, 0.1) is 11.2 Å². The molecule has 0 unspecified atom stereocenters. The highest BCUT2D eigenvalue weighted by Crippen LogP contribution is 2.29. The molecule has 0 radical (unpaired) electrons. The van der Waals surface area contributed by atoms with Crippen molar-refractivity contribution in [1.82, 2.24) is 4.98 Å². The number of nitrogens with two attached hydrogens (primary N) is 1. The Kier molecular flexibility index (Phi) is 3.54. The van der Waals surface area contributed by atoms with Crippen LogP contribution < -0.4 is 5.73 Å². The summed E-state index contributed by atoms with van der Waals surface area (Å²) in [6.07, 6.45) is 0. The van der Waals surface area contributed by atoms with Crippen LogP contribution in [-0.4, -0.2) is 4.98 Å². The number of benzene rings is 1. The Morgan fingerprint density at radius 1 is 1.00 bits per heavy atom. The summed E-state index contributed by atoms with van der Waals surface area (Å²) >= 11 is 1.62. The van der Waals surface area contributed by atoms with Crippen LogP contribution in [0.25, 0.3) is 11.3 Å². The van der Waals surface area contributed by atoms with E-state index in [2.05, 4.69) is 55.4 Å². The third kappa shape index (κ3) is 3.23. The first-order valence-electron chi connectivity index (χ1n) is 6.54. The molecule has 1 aromatic carbocycles. The Bertz CT molecular complexity index is 554. The zero-order valence-electron chi connectivity index (χ0n) is 12.3. The second-order valence-electron chi connectivity index (χ2n) is 6.59. The summed E-state index contributed by atoms with van der Waals surface area (Å²) in [4.78, 5) is 4.64. The fraction of sp³-hybridized carbons (Fsp3) is 0.438. The summed E-state index contributed by atoms with van der Waals surface area (Å²) in [5.41, 5.74) is 9.40. The molecule has 2 nitrogen and oxygen atoms in total. The molecule has 0 amide bonds. The number of thiazole rings is 1. The van der Waals surface area contributed by atoms with Gasteiger partial charge < -0.3 is 5.73 Å². The average molecular weight is 274 g/mol. The highest BCUT2D eigenvalue weighted by Gasteiger charge is 2.19. The largest absolute Gasteiger partial charge is 0.320 e. The van der Waals surface area contributed by atoms with Gasteiger partial charge in [0.25, 0.3) is 0 Å². The van der Waals surface area contributed by atoms with E-state index in [0.29, 0.717) is 0 Å². The van der Waals surface area contributed by atoms with E-state index in [-0.39, 0.29) is 11.0 Å². The first kappa shape index (κ1) is 14.2. The first-order valence-corrected chi connectivity index (χ1v) is 7.42. The SMILES string of the molecule is CC(C)(C)c1ccc(-c2csc(C(C)(C)N)n2)cc1. The number of nitrogens with zero attached hydrogens (tertiary/aromatic N) is 1. The Morgan fingerprint density at radius 2 is 1.58 bits per heavy atom. The predicted octanol–water partition coefficient (Wildman–Crippen LogP) is 4.30. The molecule has 1 heterocycles. The fourth-order valence-electron chi connectivity index (χ4n) is 1.84. The van der Waals surface area contributed by atoms with Crippen LogP contribution in [-0.2, 0) is 11.0 Å². The smallest absolute Gasteiger partial charge is 0.113 e. The highest BCUT2D eigenvalue weighted by atomic mass is 32.1. The molecule has 0 fully saturated rings. The molecule has 0 aliphatic rings. The van der Waals surface area contributed by atoms with E-state index in [1.165, 1.54) is 5.56 Å². The molecule has 0 aliphatic carbocycles. The average Bonchev–Trinajstić information content (AvgIpc) is 2.77. The van der Waals surface area contributed by atoms with Crippen LogP contribution >= 0.6 is 11.3 Å². The molecule has 0 spiro atoms. The van der Waals surface area contributed by atoms with Crippen molar-refractivity contribution in [3.8, 4) is 11.3 Å². The zero-order chi connectivity index (χ0) is 14.3.